The SMILES string of the molecule is N[C@@H]1CCN(C(=O)Cc2cnn(-c3ccccc3)c2)C1. The van der Waals surface area contributed by atoms with E-state index >= 15 is 0 Å². The minimum absolute atomic E-state index is 0.130. The van der Waals surface area contributed by atoms with Crippen LogP contribution in [0.4, 0.5) is 0 Å². The van der Waals surface area contributed by atoms with Gasteiger partial charge < -0.3 is 10.6 Å². The molecule has 1 aliphatic heterocycles. The number of nitrogens with two attached hydrogens (primary N) is 1. The third-order valence-electron chi connectivity index (χ3n) is 3.59. The van der Waals surface area contributed by atoms with Crippen LogP contribution in [0, 0.1) is 0 Å². The van der Waals surface area contributed by atoms with Crippen LogP contribution >= 0.6 is 0 Å². The lowest BCUT2D eigenvalue weighted by Crippen LogP contribution is -2.32. The summed E-state index contributed by atoms with van der Waals surface area (Å²) in [7, 11) is 0. The van der Waals surface area contributed by atoms with Gasteiger partial charge in [-0.15, -0.1) is 0 Å². The first kappa shape index (κ1) is 12.9. The molecule has 1 atom stereocenters. The number of aromatic nitrogens is 2. The highest BCUT2D eigenvalue weighted by Crippen LogP contribution is 2.12. The molecule has 3 rings (SSSR count). The van der Waals surface area contributed by atoms with E-state index in [1.54, 1.807) is 10.9 Å². The Hall–Kier alpha value is -2.14. The standard InChI is InChI=1S/C15H18N4O/c16-13-6-7-18(11-13)15(20)8-12-9-17-19(10-12)14-4-2-1-3-5-14/h1-5,9-10,13H,6-8,11,16H2/t13-/m1/s1. The van der Waals surface area contributed by atoms with Gasteiger partial charge in [0.05, 0.1) is 18.3 Å². The number of carbonyl (C=O) groups is 1. The van der Waals surface area contributed by atoms with Crippen LogP contribution in [0.25, 0.3) is 5.69 Å². The lowest BCUT2D eigenvalue weighted by molar-refractivity contribution is -0.129. The van der Waals surface area contributed by atoms with E-state index in [2.05, 4.69) is 5.10 Å². The zero-order valence-electron chi connectivity index (χ0n) is 11.3. The van der Waals surface area contributed by atoms with E-state index in [0.717, 1.165) is 24.2 Å². The molecule has 0 saturated carbocycles. The van der Waals surface area contributed by atoms with E-state index in [0.29, 0.717) is 13.0 Å². The monoisotopic (exact) mass is 270 g/mol. The molecular weight excluding hydrogens is 252 g/mol. The van der Waals surface area contributed by atoms with Crippen molar-refractivity contribution in [2.24, 2.45) is 5.73 Å². The maximum Gasteiger partial charge on any atom is 0.227 e. The number of likely N-dealkylation sites (tertiary alicyclic amines) is 1. The fraction of sp³-hybridized carbons (Fsp3) is 0.333. The molecule has 0 spiro atoms. The van der Waals surface area contributed by atoms with Gasteiger partial charge in [0.2, 0.25) is 5.91 Å². The second-order valence-electron chi connectivity index (χ2n) is 5.19. The summed E-state index contributed by atoms with van der Waals surface area (Å²) >= 11 is 0. The fourth-order valence-corrected chi connectivity index (χ4v) is 2.47. The molecule has 1 amide bonds. The number of benzene rings is 1. The van der Waals surface area contributed by atoms with Crippen molar-refractivity contribution in [3.8, 4) is 5.69 Å². The molecule has 0 bridgehead atoms. The molecule has 1 aliphatic rings. The lowest BCUT2D eigenvalue weighted by atomic mass is 10.2. The van der Waals surface area contributed by atoms with Crippen molar-refractivity contribution in [1.82, 2.24) is 14.7 Å². The summed E-state index contributed by atoms with van der Waals surface area (Å²) in [6.07, 6.45) is 4.94. The summed E-state index contributed by atoms with van der Waals surface area (Å²) in [6.45, 7) is 1.44. The molecule has 2 aromatic rings. The smallest absolute Gasteiger partial charge is 0.227 e. The van der Waals surface area contributed by atoms with Crippen LogP contribution in [0.15, 0.2) is 42.7 Å². The molecule has 1 aromatic heterocycles. The van der Waals surface area contributed by atoms with Crippen molar-refractivity contribution >= 4 is 5.91 Å². The molecule has 5 nitrogen and oxygen atoms in total. The number of amides is 1. The van der Waals surface area contributed by atoms with Crippen LogP contribution in [0.3, 0.4) is 0 Å². The van der Waals surface area contributed by atoms with Crippen molar-refractivity contribution in [3.63, 3.8) is 0 Å². The van der Waals surface area contributed by atoms with E-state index in [1.807, 2.05) is 41.4 Å². The van der Waals surface area contributed by atoms with E-state index in [9.17, 15) is 4.79 Å². The Labute approximate surface area is 118 Å². The molecule has 2 N–H and O–H groups in total. The first-order valence-corrected chi connectivity index (χ1v) is 6.85. The van der Waals surface area contributed by atoms with Gasteiger partial charge in [-0.25, -0.2) is 4.68 Å². The van der Waals surface area contributed by atoms with E-state index < -0.39 is 0 Å². The lowest BCUT2D eigenvalue weighted by Gasteiger charge is -2.14. The van der Waals surface area contributed by atoms with Gasteiger partial charge in [-0.3, -0.25) is 4.79 Å². The summed E-state index contributed by atoms with van der Waals surface area (Å²) in [4.78, 5) is 14.0. The van der Waals surface area contributed by atoms with Crippen LogP contribution < -0.4 is 5.73 Å². The molecule has 0 unspecified atom stereocenters. The van der Waals surface area contributed by atoms with Crippen molar-refractivity contribution < 1.29 is 4.79 Å². The highest BCUT2D eigenvalue weighted by atomic mass is 16.2. The molecule has 5 heteroatoms. The molecule has 2 heterocycles. The molecule has 0 radical (unpaired) electrons. The van der Waals surface area contributed by atoms with Crippen molar-refractivity contribution in [2.45, 2.75) is 18.9 Å². The number of para-hydroxylation sites is 1. The van der Waals surface area contributed by atoms with Crippen LogP contribution in [-0.4, -0.2) is 39.7 Å². The summed E-state index contributed by atoms with van der Waals surface area (Å²) in [5.41, 5.74) is 7.75. The number of hydrogen-bond donors (Lipinski definition) is 1. The predicted octanol–water partition coefficient (Wildman–Crippen LogP) is 0.974. The zero-order valence-corrected chi connectivity index (χ0v) is 11.3. The molecule has 1 aromatic carbocycles. The Morgan fingerprint density at radius 1 is 1.35 bits per heavy atom. The molecule has 104 valence electrons. The Morgan fingerprint density at radius 2 is 2.15 bits per heavy atom. The summed E-state index contributed by atoms with van der Waals surface area (Å²) in [6, 6.07) is 10.00. The van der Waals surface area contributed by atoms with Crippen molar-refractivity contribution in [1.29, 1.82) is 0 Å². The molecule has 0 aliphatic carbocycles. The maximum atomic E-state index is 12.1. The van der Waals surface area contributed by atoms with Gasteiger partial charge in [-0.1, -0.05) is 18.2 Å². The van der Waals surface area contributed by atoms with Gasteiger partial charge in [0.1, 0.15) is 0 Å². The predicted molar refractivity (Wildman–Crippen MR) is 76.4 cm³/mol. The minimum Gasteiger partial charge on any atom is -0.341 e. The first-order valence-electron chi connectivity index (χ1n) is 6.85. The van der Waals surface area contributed by atoms with Gasteiger partial charge in [-0.2, -0.15) is 5.10 Å². The first-order chi connectivity index (χ1) is 9.72. The number of hydrogen-bond acceptors (Lipinski definition) is 3. The molecule has 1 fully saturated rings. The third-order valence-corrected chi connectivity index (χ3v) is 3.59. The van der Waals surface area contributed by atoms with Gasteiger partial charge in [0.25, 0.3) is 0 Å². The molecule has 1 saturated heterocycles. The number of carbonyl (C=O) groups excluding carboxylic acids is 1. The summed E-state index contributed by atoms with van der Waals surface area (Å²) in [5.74, 6) is 0.130. The van der Waals surface area contributed by atoms with Gasteiger partial charge >= 0.3 is 0 Å². The quantitative estimate of drug-likeness (QED) is 0.904. The Morgan fingerprint density at radius 3 is 2.85 bits per heavy atom. The van der Waals surface area contributed by atoms with Gasteiger partial charge in [0, 0.05) is 25.3 Å². The largest absolute Gasteiger partial charge is 0.341 e. The second kappa shape index (κ2) is 5.46. The van der Waals surface area contributed by atoms with Crippen LogP contribution in [0.1, 0.15) is 12.0 Å². The van der Waals surface area contributed by atoms with E-state index in [4.69, 9.17) is 5.73 Å². The van der Waals surface area contributed by atoms with Crippen LogP contribution in [-0.2, 0) is 11.2 Å². The Balaban J connectivity index is 1.67. The highest BCUT2D eigenvalue weighted by molar-refractivity contribution is 5.79. The normalized spacial score (nSPS) is 18.4. The number of rotatable bonds is 3. The van der Waals surface area contributed by atoms with Gasteiger partial charge in [-0.05, 0) is 24.1 Å². The fourth-order valence-electron chi connectivity index (χ4n) is 2.47. The average Bonchev–Trinajstić information content (AvgIpc) is 3.09. The second-order valence-corrected chi connectivity index (χ2v) is 5.19. The number of nitrogens with zero attached hydrogens (tertiary/aromatic N) is 3. The van der Waals surface area contributed by atoms with Crippen LogP contribution in [0.2, 0.25) is 0 Å². The summed E-state index contributed by atoms with van der Waals surface area (Å²) < 4.78 is 1.79. The average molecular weight is 270 g/mol. The summed E-state index contributed by atoms with van der Waals surface area (Å²) in [5, 5.41) is 4.30. The minimum atomic E-state index is 0.130. The van der Waals surface area contributed by atoms with Crippen molar-refractivity contribution in [2.75, 3.05) is 13.1 Å². The molecular formula is C15H18N4O. The Bertz CT molecular complexity index is 593. The highest BCUT2D eigenvalue weighted by Gasteiger charge is 2.23. The molecule has 20 heavy (non-hydrogen) atoms. The van der Waals surface area contributed by atoms with Crippen LogP contribution in [0.5, 0.6) is 0 Å². The third kappa shape index (κ3) is 2.72. The van der Waals surface area contributed by atoms with E-state index in [1.165, 1.54) is 0 Å². The van der Waals surface area contributed by atoms with Gasteiger partial charge in [0.15, 0.2) is 0 Å². The maximum absolute atomic E-state index is 12.1. The Kier molecular flexibility index (Phi) is 3.52. The topological polar surface area (TPSA) is 64.2 Å². The zero-order chi connectivity index (χ0) is 13.9. The van der Waals surface area contributed by atoms with Crippen molar-refractivity contribution in [3.05, 3.63) is 48.3 Å². The van der Waals surface area contributed by atoms with E-state index in [-0.39, 0.29) is 11.9 Å².